The van der Waals surface area contributed by atoms with E-state index in [-0.39, 0.29) is 11.9 Å². The number of likely N-dealkylation sites (tertiary alicyclic amines) is 1. The quantitative estimate of drug-likeness (QED) is 0.542. The summed E-state index contributed by atoms with van der Waals surface area (Å²) in [6.45, 7) is 1.42. The van der Waals surface area contributed by atoms with Gasteiger partial charge in [0.05, 0.1) is 18.7 Å². The largest absolute Gasteiger partial charge is 0.461 e. The minimum Gasteiger partial charge on any atom is -0.461 e. The lowest BCUT2D eigenvalue weighted by molar-refractivity contribution is -0.129. The highest BCUT2D eigenvalue weighted by molar-refractivity contribution is 7.10. The van der Waals surface area contributed by atoms with Gasteiger partial charge in [-0.05, 0) is 42.1 Å². The molecule has 1 fully saturated rings. The summed E-state index contributed by atoms with van der Waals surface area (Å²) in [7, 11) is 0. The molecule has 1 amide bonds. The van der Waals surface area contributed by atoms with E-state index in [1.165, 1.54) is 0 Å². The van der Waals surface area contributed by atoms with Gasteiger partial charge in [0.15, 0.2) is 17.2 Å². The van der Waals surface area contributed by atoms with Gasteiger partial charge in [0.2, 0.25) is 5.91 Å². The Labute approximate surface area is 160 Å². The number of furan rings is 1. The number of nitrogens with zero attached hydrogens (tertiary/aromatic N) is 4. The molecule has 0 bridgehead atoms. The predicted molar refractivity (Wildman–Crippen MR) is 103 cm³/mol. The van der Waals surface area contributed by atoms with Crippen LogP contribution in [0.2, 0.25) is 0 Å². The van der Waals surface area contributed by atoms with E-state index in [1.807, 2.05) is 46.7 Å². The number of carbonyl (C=O) groups is 1. The van der Waals surface area contributed by atoms with E-state index in [9.17, 15) is 4.79 Å². The Kier molecular flexibility index (Phi) is 4.01. The lowest BCUT2D eigenvalue weighted by Crippen LogP contribution is -2.30. The van der Waals surface area contributed by atoms with Crippen LogP contribution in [0, 0.1) is 0 Å². The molecule has 0 aromatic carbocycles. The first-order valence-corrected chi connectivity index (χ1v) is 9.84. The highest BCUT2D eigenvalue weighted by Gasteiger charge is 2.31. The zero-order chi connectivity index (χ0) is 18.2. The zero-order valence-corrected chi connectivity index (χ0v) is 15.4. The third-order valence-corrected chi connectivity index (χ3v) is 5.85. The van der Waals surface area contributed by atoms with Crippen LogP contribution in [-0.4, -0.2) is 38.4 Å². The summed E-state index contributed by atoms with van der Waals surface area (Å²) >= 11 is 1.63. The number of rotatable bonds is 4. The van der Waals surface area contributed by atoms with Crippen LogP contribution in [0.1, 0.15) is 17.3 Å². The maximum absolute atomic E-state index is 12.7. The van der Waals surface area contributed by atoms with Gasteiger partial charge < -0.3 is 13.9 Å². The zero-order valence-electron chi connectivity index (χ0n) is 14.6. The van der Waals surface area contributed by atoms with Crippen molar-refractivity contribution in [3.63, 3.8) is 0 Å². The van der Waals surface area contributed by atoms with Crippen LogP contribution < -0.4 is 0 Å². The van der Waals surface area contributed by atoms with Crippen molar-refractivity contribution >= 4 is 28.4 Å². The molecule has 5 rings (SSSR count). The first-order valence-electron chi connectivity index (χ1n) is 8.96. The molecule has 6 nitrogen and oxygen atoms in total. The molecule has 4 aromatic heterocycles. The molecule has 0 spiro atoms. The van der Waals surface area contributed by atoms with Crippen molar-refractivity contribution in [1.29, 1.82) is 0 Å². The van der Waals surface area contributed by atoms with Gasteiger partial charge in [0, 0.05) is 24.2 Å². The third kappa shape index (κ3) is 2.94. The van der Waals surface area contributed by atoms with Crippen molar-refractivity contribution in [2.75, 3.05) is 13.1 Å². The van der Waals surface area contributed by atoms with E-state index in [0.29, 0.717) is 13.0 Å². The van der Waals surface area contributed by atoms with Gasteiger partial charge in [0.25, 0.3) is 0 Å². The number of pyridine rings is 1. The molecule has 0 unspecified atom stereocenters. The predicted octanol–water partition coefficient (Wildman–Crippen LogP) is 3.77. The van der Waals surface area contributed by atoms with Crippen molar-refractivity contribution in [3.8, 4) is 11.6 Å². The van der Waals surface area contributed by atoms with E-state index in [1.54, 1.807) is 23.8 Å². The first kappa shape index (κ1) is 16.3. The van der Waals surface area contributed by atoms with E-state index in [4.69, 9.17) is 9.40 Å². The molecule has 1 saturated heterocycles. The summed E-state index contributed by atoms with van der Waals surface area (Å²) in [5.41, 5.74) is 1.67. The van der Waals surface area contributed by atoms with Crippen molar-refractivity contribution < 1.29 is 9.21 Å². The van der Waals surface area contributed by atoms with E-state index in [0.717, 1.165) is 40.6 Å². The normalized spacial score (nSPS) is 17.0. The number of fused-ring (bicyclic) bond motifs is 1. The Morgan fingerprint density at radius 1 is 1.26 bits per heavy atom. The summed E-state index contributed by atoms with van der Waals surface area (Å²) in [4.78, 5) is 25.0. The molecule has 4 aromatic rings. The van der Waals surface area contributed by atoms with Gasteiger partial charge in [-0.25, -0.2) is 9.97 Å². The average Bonchev–Trinajstić information content (AvgIpc) is 3.46. The second-order valence-electron chi connectivity index (χ2n) is 6.67. The Morgan fingerprint density at radius 2 is 2.22 bits per heavy atom. The molecular formula is C20H18N4O2S. The van der Waals surface area contributed by atoms with Crippen LogP contribution in [0.3, 0.4) is 0 Å². The number of thiophene rings is 1. The number of imidazole rings is 1. The maximum atomic E-state index is 12.7. The highest BCUT2D eigenvalue weighted by atomic mass is 32.1. The molecule has 27 heavy (non-hydrogen) atoms. The van der Waals surface area contributed by atoms with E-state index in [2.05, 4.69) is 9.55 Å². The van der Waals surface area contributed by atoms with Crippen molar-refractivity contribution in [2.24, 2.45) is 0 Å². The lowest BCUT2D eigenvalue weighted by atomic mass is 10.2. The van der Waals surface area contributed by atoms with E-state index < -0.39 is 0 Å². The number of hydrogen-bond donors (Lipinski definition) is 0. The van der Waals surface area contributed by atoms with Crippen molar-refractivity contribution in [3.05, 3.63) is 59.1 Å². The fourth-order valence-electron chi connectivity index (χ4n) is 3.71. The van der Waals surface area contributed by atoms with Gasteiger partial charge in [-0.3, -0.25) is 4.79 Å². The molecule has 0 saturated carbocycles. The van der Waals surface area contributed by atoms with Crippen molar-refractivity contribution in [1.82, 2.24) is 19.4 Å². The number of hydrogen-bond acceptors (Lipinski definition) is 5. The fourth-order valence-corrected chi connectivity index (χ4v) is 4.40. The fraction of sp³-hybridized carbons (Fsp3) is 0.250. The van der Waals surface area contributed by atoms with Crippen molar-refractivity contribution in [2.45, 2.75) is 18.9 Å². The molecule has 1 atom stereocenters. The maximum Gasteiger partial charge on any atom is 0.227 e. The summed E-state index contributed by atoms with van der Waals surface area (Å²) in [5.74, 6) is 1.67. The van der Waals surface area contributed by atoms with Crippen LogP contribution in [0.25, 0.3) is 22.7 Å². The van der Waals surface area contributed by atoms with Gasteiger partial charge in [-0.1, -0.05) is 6.07 Å². The SMILES string of the molecule is O=C(Cc1cccs1)N1CC[C@H](n2c(-c3ccco3)nc3cccnc32)C1. The van der Waals surface area contributed by atoms with Gasteiger partial charge in [-0.15, -0.1) is 11.3 Å². The van der Waals surface area contributed by atoms with Gasteiger partial charge >= 0.3 is 0 Å². The topological polar surface area (TPSA) is 64.2 Å². The first-order chi connectivity index (χ1) is 13.3. The van der Waals surface area contributed by atoms with Crippen LogP contribution >= 0.6 is 11.3 Å². The summed E-state index contributed by atoms with van der Waals surface area (Å²) in [6.07, 6.45) is 4.78. The van der Waals surface area contributed by atoms with Gasteiger partial charge in [0.1, 0.15) is 5.52 Å². The number of carbonyl (C=O) groups excluding carboxylic acids is 1. The van der Waals surface area contributed by atoms with E-state index >= 15 is 0 Å². The number of amides is 1. The van der Waals surface area contributed by atoms with Crippen LogP contribution in [0.15, 0.2) is 58.7 Å². The molecule has 0 N–H and O–H groups in total. The standard InChI is InChI=1S/C20H18N4O2S/c25-18(12-15-4-3-11-27-15)23-9-7-14(13-23)24-19-16(5-1-8-21-19)22-20(24)17-6-2-10-26-17/h1-6,8,10-11,14H,7,9,12-13H2/t14-/m0/s1. The summed E-state index contributed by atoms with van der Waals surface area (Å²) in [5, 5.41) is 2.01. The summed E-state index contributed by atoms with van der Waals surface area (Å²) in [6, 6.07) is 11.7. The Hall–Kier alpha value is -2.93. The summed E-state index contributed by atoms with van der Waals surface area (Å²) < 4.78 is 7.74. The smallest absolute Gasteiger partial charge is 0.227 e. The molecule has 136 valence electrons. The Balaban J connectivity index is 1.46. The van der Waals surface area contributed by atoms with Crippen LogP contribution in [0.5, 0.6) is 0 Å². The Bertz CT molecular complexity index is 1070. The highest BCUT2D eigenvalue weighted by Crippen LogP contribution is 2.32. The average molecular weight is 378 g/mol. The molecule has 0 radical (unpaired) electrons. The monoisotopic (exact) mass is 378 g/mol. The second kappa shape index (κ2) is 6.66. The van der Waals surface area contributed by atoms with Crippen LogP contribution in [-0.2, 0) is 11.2 Å². The Morgan fingerprint density at radius 3 is 3.04 bits per heavy atom. The molecular weight excluding hydrogens is 360 g/mol. The van der Waals surface area contributed by atoms with Gasteiger partial charge in [-0.2, -0.15) is 0 Å². The molecule has 0 aliphatic carbocycles. The number of aromatic nitrogens is 3. The third-order valence-electron chi connectivity index (χ3n) is 4.98. The van der Waals surface area contributed by atoms with Crippen LogP contribution in [0.4, 0.5) is 0 Å². The molecule has 5 heterocycles. The molecule has 1 aliphatic rings. The minimum atomic E-state index is 0.136. The minimum absolute atomic E-state index is 0.136. The second-order valence-corrected chi connectivity index (χ2v) is 7.70. The molecule has 7 heteroatoms. The molecule has 1 aliphatic heterocycles. The lowest BCUT2D eigenvalue weighted by Gasteiger charge is -2.18.